The molecule has 2 heterocycles. The van der Waals surface area contributed by atoms with E-state index in [1.807, 2.05) is 19.9 Å². The second kappa shape index (κ2) is 5.33. The zero-order valence-corrected chi connectivity index (χ0v) is 11.4. The number of nitrogens with zero attached hydrogens (tertiary/aromatic N) is 4. The summed E-state index contributed by atoms with van der Waals surface area (Å²) in [5.74, 6) is 1.43. The van der Waals surface area contributed by atoms with E-state index in [0.29, 0.717) is 16.4 Å². The third kappa shape index (κ3) is 2.44. The third-order valence-corrected chi connectivity index (χ3v) is 3.55. The van der Waals surface area contributed by atoms with Gasteiger partial charge in [0.05, 0.1) is 6.04 Å². The summed E-state index contributed by atoms with van der Waals surface area (Å²) in [5, 5.41) is 20.0. The fourth-order valence-electron chi connectivity index (χ4n) is 1.49. The van der Waals surface area contributed by atoms with Crippen LogP contribution in [0.15, 0.2) is 0 Å². The zero-order valence-electron chi connectivity index (χ0n) is 9.86. The molecule has 0 amide bonds. The van der Waals surface area contributed by atoms with Gasteiger partial charge in [-0.2, -0.15) is 14.7 Å². The van der Waals surface area contributed by atoms with E-state index in [-0.39, 0.29) is 11.2 Å². The minimum atomic E-state index is -0.0708. The van der Waals surface area contributed by atoms with Gasteiger partial charge < -0.3 is 5.32 Å². The number of hydrogen-bond acceptors (Lipinski definition) is 6. The molecule has 0 bridgehead atoms. The summed E-state index contributed by atoms with van der Waals surface area (Å²) < 4.78 is 3.95. The van der Waals surface area contributed by atoms with Crippen molar-refractivity contribution < 1.29 is 0 Å². The van der Waals surface area contributed by atoms with E-state index in [1.54, 1.807) is 0 Å². The van der Waals surface area contributed by atoms with Crippen molar-refractivity contribution in [1.82, 2.24) is 19.6 Å². The lowest BCUT2D eigenvalue weighted by molar-refractivity contribution is 0.698. The van der Waals surface area contributed by atoms with Crippen LogP contribution in [0.1, 0.15) is 36.6 Å². The van der Waals surface area contributed by atoms with Crippen LogP contribution >= 0.6 is 23.1 Å². The fourth-order valence-corrected chi connectivity index (χ4v) is 2.48. The van der Waals surface area contributed by atoms with Crippen LogP contribution in [0.5, 0.6) is 0 Å². The Morgan fingerprint density at radius 2 is 2.39 bits per heavy atom. The van der Waals surface area contributed by atoms with Gasteiger partial charge in [0.15, 0.2) is 11.0 Å². The first-order valence-corrected chi connectivity index (χ1v) is 6.51. The standard InChI is InChI=1S/C10H11ClN6S/c1-3-7(9-13-5(2)15-16-9)14-10-6(4-12)8(11)17-18-10/h7,14H,3H2,1-2H3,(H,13,15,16). The minimum Gasteiger partial charge on any atom is -0.364 e. The summed E-state index contributed by atoms with van der Waals surface area (Å²) >= 11 is 6.99. The first-order valence-electron chi connectivity index (χ1n) is 5.36. The Morgan fingerprint density at radius 3 is 2.94 bits per heavy atom. The maximum absolute atomic E-state index is 9.00. The molecule has 1 unspecified atom stereocenters. The van der Waals surface area contributed by atoms with Crippen LogP contribution in [0.4, 0.5) is 5.00 Å². The normalized spacial score (nSPS) is 12.1. The van der Waals surface area contributed by atoms with E-state index in [2.05, 4.69) is 24.9 Å². The molecule has 0 aromatic carbocycles. The van der Waals surface area contributed by atoms with Crippen LogP contribution in [0.2, 0.25) is 5.15 Å². The summed E-state index contributed by atoms with van der Waals surface area (Å²) in [4.78, 5) is 4.28. The van der Waals surface area contributed by atoms with Gasteiger partial charge in [0.25, 0.3) is 0 Å². The van der Waals surface area contributed by atoms with E-state index >= 15 is 0 Å². The van der Waals surface area contributed by atoms with E-state index in [0.717, 1.165) is 23.8 Å². The molecule has 94 valence electrons. The summed E-state index contributed by atoms with van der Waals surface area (Å²) in [6.07, 6.45) is 0.789. The molecule has 2 rings (SSSR count). The largest absolute Gasteiger partial charge is 0.364 e. The number of H-pyrrole nitrogens is 1. The fraction of sp³-hybridized carbons (Fsp3) is 0.400. The number of aromatic amines is 1. The number of halogens is 1. The van der Waals surface area contributed by atoms with E-state index in [1.165, 1.54) is 0 Å². The maximum atomic E-state index is 9.00. The van der Waals surface area contributed by atoms with Gasteiger partial charge >= 0.3 is 0 Å². The van der Waals surface area contributed by atoms with Crippen molar-refractivity contribution in [3.05, 3.63) is 22.4 Å². The average molecular weight is 283 g/mol. The number of nitrogens with one attached hydrogen (secondary N) is 2. The van der Waals surface area contributed by atoms with Crippen LogP contribution in [-0.4, -0.2) is 19.6 Å². The van der Waals surface area contributed by atoms with Gasteiger partial charge in [-0.15, -0.1) is 0 Å². The number of aryl methyl sites for hydroxylation is 1. The Balaban J connectivity index is 2.23. The summed E-state index contributed by atoms with van der Waals surface area (Å²) in [5.41, 5.74) is 0.368. The summed E-state index contributed by atoms with van der Waals surface area (Å²) in [7, 11) is 0. The molecule has 2 N–H and O–H groups in total. The van der Waals surface area contributed by atoms with Crippen molar-refractivity contribution in [3.63, 3.8) is 0 Å². The molecule has 18 heavy (non-hydrogen) atoms. The molecule has 0 aliphatic rings. The quantitative estimate of drug-likeness (QED) is 0.900. The first kappa shape index (κ1) is 12.8. The molecule has 8 heteroatoms. The molecule has 0 spiro atoms. The molecule has 0 saturated carbocycles. The molecule has 0 radical (unpaired) electrons. The SMILES string of the molecule is CCC(Nc1snc(Cl)c1C#N)c1n[nH]c(C)n1. The molecule has 2 aromatic rings. The topological polar surface area (TPSA) is 90.3 Å². The van der Waals surface area contributed by atoms with E-state index in [9.17, 15) is 0 Å². The van der Waals surface area contributed by atoms with Crippen molar-refractivity contribution in [1.29, 1.82) is 5.26 Å². The Morgan fingerprint density at radius 1 is 1.61 bits per heavy atom. The smallest absolute Gasteiger partial charge is 0.172 e. The molecular formula is C10H11ClN6S. The highest BCUT2D eigenvalue weighted by Gasteiger charge is 2.19. The third-order valence-electron chi connectivity index (χ3n) is 2.40. The molecule has 0 fully saturated rings. The number of hydrogen-bond donors (Lipinski definition) is 2. The van der Waals surface area contributed by atoms with Crippen LogP contribution in [0.25, 0.3) is 0 Å². The lowest BCUT2D eigenvalue weighted by Gasteiger charge is -2.12. The van der Waals surface area contributed by atoms with Crippen LogP contribution in [0.3, 0.4) is 0 Å². The van der Waals surface area contributed by atoms with Crippen LogP contribution in [-0.2, 0) is 0 Å². The summed E-state index contributed by atoms with van der Waals surface area (Å²) in [6, 6.07) is 1.96. The molecule has 2 aromatic heterocycles. The number of nitriles is 1. The van der Waals surface area contributed by atoms with Gasteiger partial charge in [-0.25, -0.2) is 4.98 Å². The Labute approximate surface area is 113 Å². The molecule has 0 saturated heterocycles. The highest BCUT2D eigenvalue weighted by atomic mass is 35.5. The zero-order chi connectivity index (χ0) is 13.1. The molecular weight excluding hydrogens is 272 g/mol. The van der Waals surface area contributed by atoms with Crippen molar-refractivity contribution in [2.75, 3.05) is 5.32 Å². The first-order chi connectivity index (χ1) is 8.65. The van der Waals surface area contributed by atoms with Gasteiger partial charge in [0.2, 0.25) is 0 Å². The van der Waals surface area contributed by atoms with Gasteiger partial charge in [0.1, 0.15) is 22.5 Å². The second-order valence-corrected chi connectivity index (χ2v) is 4.80. The average Bonchev–Trinajstić information content (AvgIpc) is 2.92. The van der Waals surface area contributed by atoms with Crippen molar-refractivity contribution in [2.24, 2.45) is 0 Å². The maximum Gasteiger partial charge on any atom is 0.172 e. The monoisotopic (exact) mass is 282 g/mol. The van der Waals surface area contributed by atoms with Crippen molar-refractivity contribution >= 4 is 28.1 Å². The Hall–Kier alpha value is -1.65. The van der Waals surface area contributed by atoms with E-state index in [4.69, 9.17) is 16.9 Å². The van der Waals surface area contributed by atoms with Crippen molar-refractivity contribution in [2.45, 2.75) is 26.3 Å². The molecule has 0 aliphatic carbocycles. The van der Waals surface area contributed by atoms with Crippen molar-refractivity contribution in [3.8, 4) is 6.07 Å². The Kier molecular flexibility index (Phi) is 3.79. The van der Waals surface area contributed by atoms with Crippen LogP contribution in [0, 0.1) is 18.3 Å². The number of aromatic nitrogens is 4. The number of anilines is 1. The summed E-state index contributed by atoms with van der Waals surface area (Å²) in [6.45, 7) is 3.85. The lowest BCUT2D eigenvalue weighted by atomic mass is 10.2. The van der Waals surface area contributed by atoms with Gasteiger partial charge in [-0.1, -0.05) is 18.5 Å². The predicted octanol–water partition coefficient (Wildman–Crippen LogP) is 2.66. The van der Waals surface area contributed by atoms with Gasteiger partial charge in [0, 0.05) is 0 Å². The molecule has 1 atom stereocenters. The van der Waals surface area contributed by atoms with Gasteiger partial charge in [-0.05, 0) is 24.9 Å². The number of rotatable bonds is 4. The predicted molar refractivity (Wildman–Crippen MR) is 69.6 cm³/mol. The van der Waals surface area contributed by atoms with Gasteiger partial charge in [-0.3, -0.25) is 5.10 Å². The Bertz CT molecular complexity index is 583. The van der Waals surface area contributed by atoms with E-state index < -0.39 is 0 Å². The lowest BCUT2D eigenvalue weighted by Crippen LogP contribution is -2.11. The second-order valence-electron chi connectivity index (χ2n) is 3.67. The molecule has 0 aliphatic heterocycles. The molecule has 6 nitrogen and oxygen atoms in total. The van der Waals surface area contributed by atoms with Crippen LogP contribution < -0.4 is 5.32 Å². The highest BCUT2D eigenvalue weighted by Crippen LogP contribution is 2.31. The highest BCUT2D eigenvalue weighted by molar-refractivity contribution is 7.10. The minimum absolute atomic E-state index is 0.0708.